The predicted octanol–water partition coefficient (Wildman–Crippen LogP) is 3.02. The van der Waals surface area contributed by atoms with Gasteiger partial charge in [0, 0.05) is 5.69 Å². The summed E-state index contributed by atoms with van der Waals surface area (Å²) in [5, 5.41) is 0. The Kier molecular flexibility index (Phi) is 4.96. The number of rotatable bonds is 6. The molecule has 88 valence electrons. The number of carbonyl (C=O) groups excluding carboxylic acids is 1. The van der Waals surface area contributed by atoms with Gasteiger partial charge in [-0.3, -0.25) is 4.79 Å². The number of aromatic nitrogens is 1. The highest BCUT2D eigenvalue weighted by Gasteiger charge is 2.07. The summed E-state index contributed by atoms with van der Waals surface area (Å²) in [6.45, 7) is 6.79. The number of aldehydes is 1. The molecule has 0 saturated heterocycles. The van der Waals surface area contributed by atoms with Gasteiger partial charge in [-0.25, -0.2) is 4.98 Å². The van der Waals surface area contributed by atoms with Gasteiger partial charge in [-0.2, -0.15) is 0 Å². The molecule has 0 aromatic carbocycles. The summed E-state index contributed by atoms with van der Waals surface area (Å²) in [6, 6.07) is 3.66. The summed E-state index contributed by atoms with van der Waals surface area (Å²) in [6.07, 6.45) is 3.03. The summed E-state index contributed by atoms with van der Waals surface area (Å²) < 4.78 is 5.60. The average molecular weight is 221 g/mol. The fourth-order valence-corrected chi connectivity index (χ4v) is 1.58. The van der Waals surface area contributed by atoms with Gasteiger partial charge in [-0.05, 0) is 31.4 Å². The molecular weight excluding hydrogens is 202 g/mol. The Morgan fingerprint density at radius 1 is 1.50 bits per heavy atom. The van der Waals surface area contributed by atoms with Crippen LogP contribution in [-0.4, -0.2) is 17.9 Å². The molecular formula is C13H19NO2. The topological polar surface area (TPSA) is 39.2 Å². The van der Waals surface area contributed by atoms with Gasteiger partial charge in [0.2, 0.25) is 0 Å². The first kappa shape index (κ1) is 12.7. The first-order valence-corrected chi connectivity index (χ1v) is 5.73. The number of ether oxygens (including phenoxy) is 1. The summed E-state index contributed by atoms with van der Waals surface area (Å²) in [4.78, 5) is 14.9. The predicted molar refractivity (Wildman–Crippen MR) is 63.9 cm³/mol. The van der Waals surface area contributed by atoms with Crippen LogP contribution in [-0.2, 0) is 0 Å². The van der Waals surface area contributed by atoms with Gasteiger partial charge in [0.05, 0.1) is 6.61 Å². The van der Waals surface area contributed by atoms with Gasteiger partial charge in [-0.1, -0.05) is 20.3 Å². The van der Waals surface area contributed by atoms with E-state index in [0.717, 1.165) is 24.8 Å². The molecule has 1 heterocycles. The summed E-state index contributed by atoms with van der Waals surface area (Å²) in [5.74, 6) is 1.09. The Hall–Kier alpha value is -1.38. The van der Waals surface area contributed by atoms with Crippen LogP contribution in [0, 0.1) is 12.8 Å². The summed E-state index contributed by atoms with van der Waals surface area (Å²) in [5.41, 5.74) is 1.22. The molecule has 0 aliphatic heterocycles. The van der Waals surface area contributed by atoms with Crippen molar-refractivity contribution in [2.24, 2.45) is 5.92 Å². The maximum Gasteiger partial charge on any atom is 0.172 e. The van der Waals surface area contributed by atoms with Crippen molar-refractivity contribution in [2.45, 2.75) is 33.6 Å². The second kappa shape index (κ2) is 6.26. The van der Waals surface area contributed by atoms with E-state index in [4.69, 9.17) is 4.74 Å². The largest absolute Gasteiger partial charge is 0.491 e. The highest BCUT2D eigenvalue weighted by atomic mass is 16.5. The third-order valence-electron chi connectivity index (χ3n) is 2.44. The van der Waals surface area contributed by atoms with E-state index in [1.807, 2.05) is 19.1 Å². The van der Waals surface area contributed by atoms with Crippen molar-refractivity contribution in [3.8, 4) is 5.75 Å². The van der Waals surface area contributed by atoms with Crippen molar-refractivity contribution < 1.29 is 9.53 Å². The van der Waals surface area contributed by atoms with Crippen LogP contribution in [0.25, 0.3) is 0 Å². The van der Waals surface area contributed by atoms with Gasteiger partial charge in [0.25, 0.3) is 0 Å². The van der Waals surface area contributed by atoms with Crippen LogP contribution in [0.15, 0.2) is 12.1 Å². The Balaban J connectivity index is 2.62. The van der Waals surface area contributed by atoms with Crippen molar-refractivity contribution in [1.29, 1.82) is 0 Å². The van der Waals surface area contributed by atoms with Gasteiger partial charge >= 0.3 is 0 Å². The Bertz CT molecular complexity index is 350. The van der Waals surface area contributed by atoms with E-state index in [1.54, 1.807) is 0 Å². The SMILES string of the molecule is CCCC(C)COc1ccc(C)nc1C=O. The molecule has 16 heavy (non-hydrogen) atoms. The first-order chi connectivity index (χ1) is 7.67. The number of hydrogen-bond donors (Lipinski definition) is 0. The van der Waals surface area contributed by atoms with Gasteiger partial charge in [-0.15, -0.1) is 0 Å². The van der Waals surface area contributed by atoms with Crippen molar-refractivity contribution in [2.75, 3.05) is 6.61 Å². The highest BCUT2D eigenvalue weighted by Crippen LogP contribution is 2.16. The van der Waals surface area contributed by atoms with Crippen LogP contribution in [0.5, 0.6) is 5.75 Å². The lowest BCUT2D eigenvalue weighted by Crippen LogP contribution is -2.10. The van der Waals surface area contributed by atoms with Crippen LogP contribution in [0.4, 0.5) is 0 Å². The molecule has 3 nitrogen and oxygen atoms in total. The molecule has 0 N–H and O–H groups in total. The van der Waals surface area contributed by atoms with Gasteiger partial charge in [0.15, 0.2) is 6.29 Å². The lowest BCUT2D eigenvalue weighted by molar-refractivity contribution is 0.111. The molecule has 1 aromatic heterocycles. The fraction of sp³-hybridized carbons (Fsp3) is 0.538. The van der Waals surface area contributed by atoms with Gasteiger partial charge in [0.1, 0.15) is 11.4 Å². The number of hydrogen-bond acceptors (Lipinski definition) is 3. The molecule has 3 heteroatoms. The minimum absolute atomic E-state index is 0.392. The van der Waals surface area contributed by atoms with Crippen molar-refractivity contribution in [3.05, 3.63) is 23.5 Å². The smallest absolute Gasteiger partial charge is 0.172 e. The van der Waals surface area contributed by atoms with E-state index in [9.17, 15) is 4.79 Å². The maximum atomic E-state index is 10.8. The number of pyridine rings is 1. The van der Waals surface area contributed by atoms with Gasteiger partial charge < -0.3 is 4.74 Å². The third kappa shape index (κ3) is 3.65. The van der Waals surface area contributed by atoms with Crippen molar-refractivity contribution in [3.63, 3.8) is 0 Å². The summed E-state index contributed by atoms with van der Waals surface area (Å²) in [7, 11) is 0. The Morgan fingerprint density at radius 2 is 2.25 bits per heavy atom. The molecule has 0 fully saturated rings. The van der Waals surface area contributed by atoms with E-state index < -0.39 is 0 Å². The van der Waals surface area contributed by atoms with Crippen molar-refractivity contribution in [1.82, 2.24) is 4.98 Å². The second-order valence-corrected chi connectivity index (χ2v) is 4.16. The normalized spacial score (nSPS) is 12.2. The van der Waals surface area contributed by atoms with Crippen molar-refractivity contribution >= 4 is 6.29 Å². The fourth-order valence-electron chi connectivity index (χ4n) is 1.58. The molecule has 0 spiro atoms. The molecule has 0 bridgehead atoms. The molecule has 1 atom stereocenters. The first-order valence-electron chi connectivity index (χ1n) is 5.73. The van der Waals surface area contributed by atoms with Crippen LogP contribution >= 0.6 is 0 Å². The van der Waals surface area contributed by atoms with E-state index in [-0.39, 0.29) is 0 Å². The Labute approximate surface area is 96.8 Å². The summed E-state index contributed by atoms with van der Waals surface area (Å²) >= 11 is 0. The lowest BCUT2D eigenvalue weighted by atomic mass is 10.1. The molecule has 0 amide bonds. The molecule has 1 aromatic rings. The van der Waals surface area contributed by atoms with E-state index in [0.29, 0.717) is 24.0 Å². The number of aryl methyl sites for hydroxylation is 1. The monoisotopic (exact) mass is 221 g/mol. The molecule has 1 rings (SSSR count). The lowest BCUT2D eigenvalue weighted by Gasteiger charge is -2.13. The average Bonchev–Trinajstić information content (AvgIpc) is 2.27. The standard InChI is InChI=1S/C13H19NO2/c1-4-5-10(2)9-16-13-7-6-11(3)14-12(13)8-15/h6-8,10H,4-5,9H2,1-3H3. The van der Waals surface area contributed by atoms with E-state index in [2.05, 4.69) is 18.8 Å². The zero-order valence-electron chi connectivity index (χ0n) is 10.2. The Morgan fingerprint density at radius 3 is 2.88 bits per heavy atom. The van der Waals surface area contributed by atoms with Crippen LogP contribution < -0.4 is 4.74 Å². The quantitative estimate of drug-likeness (QED) is 0.693. The van der Waals surface area contributed by atoms with Crippen LogP contribution in [0.3, 0.4) is 0 Å². The third-order valence-corrected chi connectivity index (χ3v) is 2.44. The maximum absolute atomic E-state index is 10.8. The van der Waals surface area contributed by atoms with E-state index >= 15 is 0 Å². The zero-order chi connectivity index (χ0) is 12.0. The molecule has 0 aliphatic carbocycles. The molecule has 1 unspecified atom stereocenters. The number of nitrogens with zero attached hydrogens (tertiary/aromatic N) is 1. The minimum Gasteiger partial charge on any atom is -0.491 e. The molecule has 0 saturated carbocycles. The zero-order valence-corrected chi connectivity index (χ0v) is 10.2. The van der Waals surface area contributed by atoms with E-state index in [1.165, 1.54) is 0 Å². The molecule has 0 aliphatic rings. The molecule has 0 radical (unpaired) electrons. The van der Waals surface area contributed by atoms with Crippen LogP contribution in [0.2, 0.25) is 0 Å². The minimum atomic E-state index is 0.392. The van der Waals surface area contributed by atoms with Crippen LogP contribution in [0.1, 0.15) is 42.9 Å². The number of carbonyl (C=O) groups is 1. The highest BCUT2D eigenvalue weighted by molar-refractivity contribution is 5.76. The second-order valence-electron chi connectivity index (χ2n) is 4.16.